The monoisotopic (exact) mass is 295 g/mol. The van der Waals surface area contributed by atoms with Gasteiger partial charge in [-0.3, -0.25) is 9.59 Å². The number of hydrogen-bond donors (Lipinski definition) is 2. The zero-order chi connectivity index (χ0) is 14.6. The van der Waals surface area contributed by atoms with E-state index < -0.39 is 11.4 Å². The molecule has 0 heterocycles. The molecule has 0 aliphatic heterocycles. The van der Waals surface area contributed by atoms with Crippen LogP contribution in [-0.4, -0.2) is 23.5 Å². The Morgan fingerprint density at radius 3 is 2.45 bits per heavy atom. The Morgan fingerprint density at radius 2 is 1.85 bits per heavy atom. The van der Waals surface area contributed by atoms with Crippen LogP contribution in [0.1, 0.15) is 42.5 Å². The molecule has 1 aromatic carbocycles. The van der Waals surface area contributed by atoms with Gasteiger partial charge in [0, 0.05) is 6.54 Å². The van der Waals surface area contributed by atoms with Gasteiger partial charge < -0.3 is 10.4 Å². The van der Waals surface area contributed by atoms with E-state index in [4.69, 9.17) is 11.6 Å². The summed E-state index contributed by atoms with van der Waals surface area (Å²) in [5.74, 6) is -1.14. The van der Waals surface area contributed by atoms with Crippen LogP contribution in [0.4, 0.5) is 0 Å². The highest BCUT2D eigenvalue weighted by Crippen LogP contribution is 2.36. The molecule has 5 heteroatoms. The number of nitrogens with one attached hydrogen (secondary N) is 1. The van der Waals surface area contributed by atoms with E-state index in [9.17, 15) is 14.7 Å². The number of aliphatic carboxylic acids is 1. The van der Waals surface area contributed by atoms with Gasteiger partial charge in [-0.25, -0.2) is 0 Å². The van der Waals surface area contributed by atoms with Crippen LogP contribution in [0, 0.1) is 5.41 Å². The van der Waals surface area contributed by atoms with E-state index in [1.54, 1.807) is 24.3 Å². The number of carboxylic acids is 1. The number of rotatable bonds is 4. The number of carbonyl (C=O) groups excluding carboxylic acids is 1. The summed E-state index contributed by atoms with van der Waals surface area (Å²) in [5.41, 5.74) is -0.444. The summed E-state index contributed by atoms with van der Waals surface area (Å²) in [7, 11) is 0. The van der Waals surface area contributed by atoms with Gasteiger partial charge in [0.2, 0.25) is 0 Å². The Kier molecular flexibility index (Phi) is 4.65. The lowest BCUT2D eigenvalue weighted by atomic mass is 9.74. The molecule has 0 bridgehead atoms. The maximum atomic E-state index is 12.1. The molecule has 0 spiro atoms. The quantitative estimate of drug-likeness (QED) is 0.897. The second-order valence-corrected chi connectivity index (χ2v) is 5.72. The highest BCUT2D eigenvalue weighted by atomic mass is 35.5. The lowest BCUT2D eigenvalue weighted by Crippen LogP contribution is -2.44. The molecule has 108 valence electrons. The fraction of sp³-hybridized carbons (Fsp3) is 0.467. The first kappa shape index (κ1) is 14.9. The number of halogens is 1. The molecule has 4 nitrogen and oxygen atoms in total. The second kappa shape index (κ2) is 6.27. The van der Waals surface area contributed by atoms with Crippen molar-refractivity contribution < 1.29 is 14.7 Å². The molecule has 1 fully saturated rings. The van der Waals surface area contributed by atoms with Crippen LogP contribution in [0.5, 0.6) is 0 Å². The lowest BCUT2D eigenvalue weighted by molar-refractivity contribution is -0.150. The topological polar surface area (TPSA) is 66.4 Å². The molecule has 2 rings (SSSR count). The molecule has 0 saturated heterocycles. The van der Waals surface area contributed by atoms with Crippen molar-refractivity contribution >= 4 is 23.5 Å². The Morgan fingerprint density at radius 1 is 1.20 bits per heavy atom. The molecule has 1 amide bonds. The van der Waals surface area contributed by atoms with Crippen LogP contribution in [0.2, 0.25) is 5.02 Å². The van der Waals surface area contributed by atoms with Crippen molar-refractivity contribution in [2.24, 2.45) is 5.41 Å². The summed E-state index contributed by atoms with van der Waals surface area (Å²) in [4.78, 5) is 23.6. The van der Waals surface area contributed by atoms with Crippen LogP contribution in [0.3, 0.4) is 0 Å². The molecular weight excluding hydrogens is 278 g/mol. The number of hydrogen-bond acceptors (Lipinski definition) is 2. The molecule has 0 aromatic heterocycles. The Balaban J connectivity index is 2.05. The van der Waals surface area contributed by atoms with Crippen molar-refractivity contribution in [3.05, 3.63) is 34.9 Å². The minimum atomic E-state index is -0.824. The molecule has 0 atom stereocenters. The van der Waals surface area contributed by atoms with Gasteiger partial charge in [-0.1, -0.05) is 43.0 Å². The fourth-order valence-corrected chi connectivity index (χ4v) is 2.91. The van der Waals surface area contributed by atoms with Gasteiger partial charge in [-0.05, 0) is 25.0 Å². The molecule has 1 aliphatic carbocycles. The van der Waals surface area contributed by atoms with Crippen molar-refractivity contribution in [2.75, 3.05) is 6.54 Å². The number of carbonyl (C=O) groups is 2. The van der Waals surface area contributed by atoms with Gasteiger partial charge in [-0.2, -0.15) is 0 Å². The summed E-state index contributed by atoms with van der Waals surface area (Å²) < 4.78 is 0. The fourth-order valence-electron chi connectivity index (χ4n) is 2.68. The first-order valence-electron chi connectivity index (χ1n) is 6.81. The normalized spacial score (nSPS) is 17.4. The molecular formula is C15H18ClNO3. The van der Waals surface area contributed by atoms with E-state index in [1.165, 1.54) is 0 Å². The third kappa shape index (κ3) is 3.12. The average molecular weight is 296 g/mol. The third-order valence-corrected chi connectivity index (χ3v) is 4.30. The van der Waals surface area contributed by atoms with Crippen molar-refractivity contribution in [1.29, 1.82) is 0 Å². The lowest BCUT2D eigenvalue weighted by Gasteiger charge is -2.33. The highest BCUT2D eigenvalue weighted by molar-refractivity contribution is 6.33. The predicted molar refractivity (Wildman–Crippen MR) is 76.9 cm³/mol. The van der Waals surface area contributed by atoms with E-state index in [1.807, 2.05) is 0 Å². The van der Waals surface area contributed by atoms with Gasteiger partial charge in [0.15, 0.2) is 0 Å². The maximum Gasteiger partial charge on any atom is 0.311 e. The summed E-state index contributed by atoms with van der Waals surface area (Å²) in [6.07, 6.45) is 4.09. The van der Waals surface area contributed by atoms with Crippen molar-refractivity contribution in [3.63, 3.8) is 0 Å². The second-order valence-electron chi connectivity index (χ2n) is 5.31. The van der Waals surface area contributed by atoms with Crippen molar-refractivity contribution in [3.8, 4) is 0 Å². The van der Waals surface area contributed by atoms with Crippen molar-refractivity contribution in [1.82, 2.24) is 5.32 Å². The predicted octanol–water partition coefficient (Wildman–Crippen LogP) is 3.10. The number of carboxylic acid groups (broad SMARTS) is 1. The van der Waals surface area contributed by atoms with E-state index >= 15 is 0 Å². The summed E-state index contributed by atoms with van der Waals surface area (Å²) >= 11 is 5.96. The zero-order valence-electron chi connectivity index (χ0n) is 11.2. The largest absolute Gasteiger partial charge is 0.481 e. The van der Waals surface area contributed by atoms with Crippen LogP contribution in [0.15, 0.2) is 24.3 Å². The summed E-state index contributed by atoms with van der Waals surface area (Å²) in [5, 5.41) is 12.6. The Bertz CT molecular complexity index is 510. The van der Waals surface area contributed by atoms with Gasteiger partial charge >= 0.3 is 5.97 Å². The number of amides is 1. The van der Waals surface area contributed by atoms with E-state index in [0.29, 0.717) is 23.4 Å². The molecule has 1 aliphatic rings. The number of benzene rings is 1. The molecule has 0 unspecified atom stereocenters. The van der Waals surface area contributed by atoms with Gasteiger partial charge in [0.05, 0.1) is 16.0 Å². The Hall–Kier alpha value is -1.55. The van der Waals surface area contributed by atoms with Crippen LogP contribution in [0.25, 0.3) is 0 Å². The third-order valence-electron chi connectivity index (χ3n) is 3.97. The van der Waals surface area contributed by atoms with Crippen LogP contribution >= 0.6 is 11.6 Å². The first-order chi connectivity index (χ1) is 9.55. The molecule has 2 N–H and O–H groups in total. The van der Waals surface area contributed by atoms with Gasteiger partial charge in [0.25, 0.3) is 5.91 Å². The summed E-state index contributed by atoms with van der Waals surface area (Å²) in [6.45, 7) is 0.159. The van der Waals surface area contributed by atoms with Crippen molar-refractivity contribution in [2.45, 2.75) is 32.1 Å². The molecule has 1 saturated carbocycles. The highest BCUT2D eigenvalue weighted by Gasteiger charge is 2.39. The summed E-state index contributed by atoms with van der Waals surface area (Å²) in [6, 6.07) is 6.75. The van der Waals surface area contributed by atoms with E-state index in [-0.39, 0.29) is 12.5 Å². The maximum absolute atomic E-state index is 12.1. The van der Waals surface area contributed by atoms with Gasteiger partial charge in [-0.15, -0.1) is 0 Å². The average Bonchev–Trinajstić information content (AvgIpc) is 2.46. The SMILES string of the molecule is O=C(NCC1(C(=O)O)CCCCC1)c1ccccc1Cl. The van der Waals surface area contributed by atoms with E-state index in [2.05, 4.69) is 5.32 Å². The van der Waals surface area contributed by atoms with Crippen LogP contribution in [-0.2, 0) is 4.79 Å². The van der Waals surface area contributed by atoms with E-state index in [0.717, 1.165) is 19.3 Å². The zero-order valence-corrected chi connectivity index (χ0v) is 11.9. The minimum absolute atomic E-state index is 0.159. The molecule has 20 heavy (non-hydrogen) atoms. The van der Waals surface area contributed by atoms with Gasteiger partial charge in [0.1, 0.15) is 0 Å². The first-order valence-corrected chi connectivity index (χ1v) is 7.19. The molecule has 1 aromatic rings. The Labute approximate surface area is 123 Å². The minimum Gasteiger partial charge on any atom is -0.481 e. The smallest absolute Gasteiger partial charge is 0.311 e. The molecule has 0 radical (unpaired) electrons. The van der Waals surface area contributed by atoms with Crippen LogP contribution < -0.4 is 5.32 Å². The standard InChI is InChI=1S/C15H18ClNO3/c16-12-7-3-2-6-11(12)13(18)17-10-15(14(19)20)8-4-1-5-9-15/h2-3,6-7H,1,4-5,8-10H2,(H,17,18)(H,19,20).